The third-order valence-corrected chi connectivity index (χ3v) is 7.37. The molecule has 210 valence electrons. The van der Waals surface area contributed by atoms with Crippen LogP contribution in [0.1, 0.15) is 45.7 Å². The van der Waals surface area contributed by atoms with Gasteiger partial charge in [-0.05, 0) is 67.1 Å². The number of nitrogens with one attached hydrogen (secondary N) is 2. The predicted octanol–water partition coefficient (Wildman–Crippen LogP) is 5.69. The first-order valence-corrected chi connectivity index (χ1v) is 13.7. The number of halogens is 8. The second-order valence-corrected chi connectivity index (χ2v) is 12.5. The smallest absolute Gasteiger partial charge is 0.346 e. The van der Waals surface area contributed by atoms with E-state index in [2.05, 4.69) is 10.6 Å². The molecular formula is C23H22F7IN2O4S. The Bertz CT molecular complexity index is 1340. The Kier molecular flexibility index (Phi) is 8.88. The van der Waals surface area contributed by atoms with Crippen LogP contribution in [0.5, 0.6) is 0 Å². The fourth-order valence-corrected chi connectivity index (χ4v) is 5.78. The van der Waals surface area contributed by atoms with E-state index in [4.69, 9.17) is 0 Å². The number of anilines is 1. The average Bonchev–Trinajstić information content (AvgIpc) is 2.70. The minimum Gasteiger partial charge on any atom is -0.346 e. The third kappa shape index (κ3) is 6.95. The first-order valence-electron chi connectivity index (χ1n) is 10.5. The maximum atomic E-state index is 14.5. The summed E-state index contributed by atoms with van der Waals surface area (Å²) in [5, 5.41) is 4.65. The largest absolute Gasteiger partial charge is 0.435 e. The molecule has 0 aliphatic rings. The van der Waals surface area contributed by atoms with Crippen molar-refractivity contribution in [3.63, 3.8) is 0 Å². The van der Waals surface area contributed by atoms with Crippen molar-refractivity contribution >= 4 is 49.9 Å². The van der Waals surface area contributed by atoms with Gasteiger partial charge in [0.15, 0.2) is 0 Å². The zero-order valence-electron chi connectivity index (χ0n) is 20.2. The van der Waals surface area contributed by atoms with Crippen molar-refractivity contribution in [1.82, 2.24) is 5.32 Å². The van der Waals surface area contributed by atoms with E-state index in [1.165, 1.54) is 39.0 Å². The molecule has 0 radical (unpaired) electrons. The maximum absolute atomic E-state index is 14.5. The highest BCUT2D eigenvalue weighted by atomic mass is 127. The number of carbonyl (C=O) groups excluding carboxylic acids is 2. The van der Waals surface area contributed by atoms with Crippen molar-refractivity contribution in [1.29, 1.82) is 0 Å². The molecule has 2 aromatic rings. The molecule has 0 saturated heterocycles. The van der Waals surface area contributed by atoms with Gasteiger partial charge >= 0.3 is 18.0 Å². The molecule has 2 rings (SSSR count). The fraction of sp³-hybridized carbons (Fsp3) is 0.391. The van der Waals surface area contributed by atoms with Crippen LogP contribution in [0.25, 0.3) is 0 Å². The number of carbonyl (C=O) groups is 2. The number of rotatable bonds is 7. The highest BCUT2D eigenvalue weighted by Crippen LogP contribution is 2.53. The minimum absolute atomic E-state index is 0.0136. The van der Waals surface area contributed by atoms with E-state index in [1.807, 2.05) is 0 Å². The van der Waals surface area contributed by atoms with E-state index >= 15 is 0 Å². The zero-order chi connectivity index (χ0) is 29.5. The van der Waals surface area contributed by atoms with Crippen LogP contribution in [0, 0.1) is 10.5 Å². The van der Waals surface area contributed by atoms with E-state index in [9.17, 15) is 48.7 Å². The van der Waals surface area contributed by atoms with Gasteiger partial charge < -0.3 is 10.6 Å². The standard InChI is InChI=1S/C23H22F7IN2O4S/c1-12-8-9-13(21(24,22(25,26)27)23(28,29)30)10-16(12)32-18(34)14-6-5-7-15(31)17(14)19(35)33-20(2,3)11-38(4,36)37/h5-10H,11H2,1-4H3,(H,32,34)(H,33,35). The highest BCUT2D eigenvalue weighted by Gasteiger charge is 2.73. The quantitative estimate of drug-likeness (QED) is 0.290. The molecule has 0 unspecified atom stereocenters. The molecule has 0 heterocycles. The Morgan fingerprint density at radius 1 is 0.921 bits per heavy atom. The Hall–Kier alpha value is -2.43. The lowest BCUT2D eigenvalue weighted by atomic mass is 9.92. The topological polar surface area (TPSA) is 92.3 Å². The Labute approximate surface area is 227 Å². The number of benzene rings is 2. The second kappa shape index (κ2) is 10.6. The van der Waals surface area contributed by atoms with E-state index in [-0.39, 0.29) is 26.3 Å². The molecule has 2 amide bonds. The summed E-state index contributed by atoms with van der Waals surface area (Å²) in [7, 11) is -3.52. The summed E-state index contributed by atoms with van der Waals surface area (Å²) in [6.45, 7) is 4.12. The number of hydrogen-bond donors (Lipinski definition) is 2. The number of aryl methyl sites for hydroxylation is 1. The van der Waals surface area contributed by atoms with Crippen molar-refractivity contribution in [3.8, 4) is 0 Å². The molecule has 0 aliphatic carbocycles. The lowest BCUT2D eigenvalue weighted by Gasteiger charge is -2.30. The summed E-state index contributed by atoms with van der Waals surface area (Å²) in [5.41, 5.74) is -9.82. The van der Waals surface area contributed by atoms with Gasteiger partial charge in [-0.25, -0.2) is 12.8 Å². The van der Waals surface area contributed by atoms with Crippen molar-refractivity contribution in [3.05, 3.63) is 62.2 Å². The van der Waals surface area contributed by atoms with Gasteiger partial charge in [0, 0.05) is 26.6 Å². The summed E-state index contributed by atoms with van der Waals surface area (Å²) in [4.78, 5) is 26.1. The number of alkyl halides is 7. The van der Waals surface area contributed by atoms with Gasteiger partial charge in [0.25, 0.3) is 11.8 Å². The van der Waals surface area contributed by atoms with Crippen LogP contribution >= 0.6 is 22.6 Å². The van der Waals surface area contributed by atoms with Gasteiger partial charge in [-0.15, -0.1) is 0 Å². The minimum atomic E-state index is -6.35. The fourth-order valence-electron chi connectivity index (χ4n) is 3.65. The number of amides is 2. The van der Waals surface area contributed by atoms with Crippen molar-refractivity contribution in [2.45, 2.75) is 44.3 Å². The Morgan fingerprint density at radius 3 is 1.97 bits per heavy atom. The van der Waals surface area contributed by atoms with Crippen molar-refractivity contribution in [2.24, 2.45) is 0 Å². The van der Waals surface area contributed by atoms with Crippen LogP contribution in [-0.2, 0) is 15.5 Å². The van der Waals surface area contributed by atoms with Crippen LogP contribution in [0.3, 0.4) is 0 Å². The summed E-state index contributed by atoms with van der Waals surface area (Å²) in [6, 6.07) is 5.34. The monoisotopic (exact) mass is 682 g/mol. The number of hydrogen-bond acceptors (Lipinski definition) is 4. The van der Waals surface area contributed by atoms with Crippen LogP contribution in [0.4, 0.5) is 36.4 Å². The molecule has 0 saturated carbocycles. The van der Waals surface area contributed by atoms with Crippen molar-refractivity contribution in [2.75, 3.05) is 17.3 Å². The molecule has 0 aliphatic heterocycles. The molecule has 0 atom stereocenters. The third-order valence-electron chi connectivity index (χ3n) is 5.23. The van der Waals surface area contributed by atoms with Crippen LogP contribution < -0.4 is 10.6 Å². The molecule has 38 heavy (non-hydrogen) atoms. The van der Waals surface area contributed by atoms with E-state index < -0.39 is 62.2 Å². The Morgan fingerprint density at radius 2 is 1.47 bits per heavy atom. The van der Waals surface area contributed by atoms with Crippen molar-refractivity contribution < 1.29 is 48.7 Å². The molecule has 0 bridgehead atoms. The normalized spacial score (nSPS) is 13.3. The number of sulfone groups is 1. The molecular weight excluding hydrogens is 660 g/mol. The van der Waals surface area contributed by atoms with Crippen LogP contribution in [-0.4, -0.2) is 50.1 Å². The van der Waals surface area contributed by atoms with Gasteiger partial charge in [0.05, 0.1) is 16.9 Å². The average molecular weight is 682 g/mol. The molecule has 0 fully saturated rings. The van der Waals surface area contributed by atoms with Gasteiger partial charge in [-0.2, -0.15) is 26.3 Å². The maximum Gasteiger partial charge on any atom is 0.435 e. The molecule has 15 heteroatoms. The van der Waals surface area contributed by atoms with E-state index in [1.54, 1.807) is 22.6 Å². The molecule has 2 aromatic carbocycles. The molecule has 0 spiro atoms. The highest BCUT2D eigenvalue weighted by molar-refractivity contribution is 14.1. The molecule has 0 aromatic heterocycles. The van der Waals surface area contributed by atoms with Crippen LogP contribution in [0.2, 0.25) is 0 Å². The summed E-state index contributed by atoms with van der Waals surface area (Å²) < 4.78 is 117. The van der Waals surface area contributed by atoms with E-state index in [0.717, 1.165) is 12.3 Å². The zero-order valence-corrected chi connectivity index (χ0v) is 23.2. The summed E-state index contributed by atoms with van der Waals surface area (Å²) >= 11 is 1.73. The molecule has 2 N–H and O–H groups in total. The van der Waals surface area contributed by atoms with Gasteiger partial charge in [-0.3, -0.25) is 9.59 Å². The van der Waals surface area contributed by atoms with Crippen LogP contribution in [0.15, 0.2) is 36.4 Å². The first kappa shape index (κ1) is 31.8. The first-order chi connectivity index (χ1) is 17.0. The lowest BCUT2D eigenvalue weighted by Crippen LogP contribution is -2.50. The predicted molar refractivity (Wildman–Crippen MR) is 134 cm³/mol. The lowest BCUT2D eigenvalue weighted by molar-refractivity contribution is -0.348. The van der Waals surface area contributed by atoms with Gasteiger partial charge in [-0.1, -0.05) is 18.2 Å². The SMILES string of the molecule is Cc1ccc(C(F)(C(F)(F)F)C(F)(F)F)cc1NC(=O)c1cccc(I)c1C(=O)NC(C)(C)CS(C)(=O)=O. The second-order valence-electron chi connectivity index (χ2n) is 9.21. The Balaban J connectivity index is 2.51. The molecule has 6 nitrogen and oxygen atoms in total. The van der Waals surface area contributed by atoms with E-state index in [0.29, 0.717) is 6.07 Å². The summed E-state index contributed by atoms with van der Waals surface area (Å²) in [5.74, 6) is -2.37. The van der Waals surface area contributed by atoms with Gasteiger partial charge in [0.1, 0.15) is 9.84 Å². The van der Waals surface area contributed by atoms with Gasteiger partial charge in [0.2, 0.25) is 0 Å². The summed E-state index contributed by atoms with van der Waals surface area (Å²) in [6.07, 6.45) is -11.7.